The molecular weight excluding hydrogens is 556 g/mol. The number of benzene rings is 4. The van der Waals surface area contributed by atoms with Crippen molar-refractivity contribution >= 4 is 22.8 Å². The Morgan fingerprint density at radius 2 is 1.31 bits per heavy atom. The van der Waals surface area contributed by atoms with Crippen molar-refractivity contribution in [3.05, 3.63) is 150 Å². The molecule has 0 radical (unpaired) electrons. The highest BCUT2D eigenvalue weighted by Crippen LogP contribution is 2.32. The lowest BCUT2D eigenvalue weighted by Gasteiger charge is -2.27. The van der Waals surface area contributed by atoms with Crippen LogP contribution in [0.25, 0.3) is 16.7 Å². The molecule has 6 aromatic rings. The molecule has 0 atom stereocenters. The van der Waals surface area contributed by atoms with Crippen LogP contribution in [-0.4, -0.2) is 56.7 Å². The molecule has 224 valence electrons. The van der Waals surface area contributed by atoms with Crippen LogP contribution >= 0.6 is 0 Å². The van der Waals surface area contributed by atoms with Crippen LogP contribution in [0.2, 0.25) is 0 Å². The minimum Gasteiger partial charge on any atom is -0.354 e. The van der Waals surface area contributed by atoms with E-state index in [-0.39, 0.29) is 11.8 Å². The highest BCUT2D eigenvalue weighted by atomic mass is 16.2. The normalized spacial score (nSPS) is 13.7. The van der Waals surface area contributed by atoms with Gasteiger partial charge in [-0.2, -0.15) is 5.10 Å². The van der Waals surface area contributed by atoms with Crippen molar-refractivity contribution in [1.82, 2.24) is 24.6 Å². The number of para-hydroxylation sites is 1. The molecule has 0 aliphatic carbocycles. The lowest BCUT2D eigenvalue weighted by Crippen LogP contribution is -2.38. The van der Waals surface area contributed by atoms with Gasteiger partial charge in [-0.3, -0.25) is 4.79 Å². The van der Waals surface area contributed by atoms with E-state index in [0.717, 1.165) is 63.7 Å². The first-order valence-electron chi connectivity index (χ1n) is 15.6. The number of carbonyl (C=O) groups is 1. The third kappa shape index (κ3) is 5.94. The van der Waals surface area contributed by atoms with Crippen LogP contribution in [0.5, 0.6) is 0 Å². The number of hydrogen-bond acceptors (Lipinski definition) is 5. The molecule has 0 unspecified atom stereocenters. The largest absolute Gasteiger partial charge is 0.354 e. The van der Waals surface area contributed by atoms with E-state index in [9.17, 15) is 4.79 Å². The summed E-state index contributed by atoms with van der Waals surface area (Å²) in [5, 5.41) is 5.90. The molecule has 7 heteroatoms. The second-order valence-corrected chi connectivity index (χ2v) is 11.6. The fraction of sp³-hybridized carbons (Fsp3) is 0.211. The standard InChI is InChI=1S/C38H36N6O/c1-28-34-36(39-33(27-29-15-6-2-7-16-29)40-37(34)44(41-28)32-21-12-5-13-22-32)42-23-14-24-43(26-25-42)38(45)35(30-17-8-3-9-18-30)31-19-10-4-11-20-31/h2-13,15-22,35H,14,23-27H2,1H3. The number of nitrogens with zero attached hydrogens (tertiary/aromatic N) is 6. The summed E-state index contributed by atoms with van der Waals surface area (Å²) in [7, 11) is 0. The van der Waals surface area contributed by atoms with Crippen molar-refractivity contribution in [2.45, 2.75) is 25.7 Å². The Morgan fingerprint density at radius 1 is 0.711 bits per heavy atom. The highest BCUT2D eigenvalue weighted by Gasteiger charge is 2.30. The lowest BCUT2D eigenvalue weighted by molar-refractivity contribution is -0.131. The number of aromatic nitrogens is 4. The molecule has 1 saturated heterocycles. The summed E-state index contributed by atoms with van der Waals surface area (Å²) < 4.78 is 1.93. The molecule has 0 spiro atoms. The maximum Gasteiger partial charge on any atom is 0.234 e. The summed E-state index contributed by atoms with van der Waals surface area (Å²) in [6, 6.07) is 40.7. The molecular formula is C38H36N6O. The number of amides is 1. The smallest absolute Gasteiger partial charge is 0.234 e. The molecule has 0 saturated carbocycles. The zero-order valence-electron chi connectivity index (χ0n) is 25.5. The summed E-state index contributed by atoms with van der Waals surface area (Å²) in [6.07, 6.45) is 1.46. The van der Waals surface area contributed by atoms with E-state index in [1.807, 2.05) is 89.3 Å². The van der Waals surface area contributed by atoms with Crippen LogP contribution in [-0.2, 0) is 11.2 Å². The Balaban J connectivity index is 1.23. The SMILES string of the molecule is Cc1nn(-c2ccccc2)c2nc(Cc3ccccc3)nc(N3CCCN(C(=O)C(c4ccccc4)c4ccccc4)CC3)c12. The first kappa shape index (κ1) is 28.5. The van der Waals surface area contributed by atoms with Gasteiger partial charge in [0.05, 0.1) is 22.7 Å². The lowest BCUT2D eigenvalue weighted by atomic mass is 9.90. The van der Waals surface area contributed by atoms with Gasteiger partial charge in [0.2, 0.25) is 5.91 Å². The van der Waals surface area contributed by atoms with Crippen molar-refractivity contribution in [3.8, 4) is 5.69 Å². The monoisotopic (exact) mass is 592 g/mol. The van der Waals surface area contributed by atoms with Crippen LogP contribution in [0, 0.1) is 6.92 Å². The van der Waals surface area contributed by atoms with Crippen molar-refractivity contribution in [3.63, 3.8) is 0 Å². The fourth-order valence-corrected chi connectivity index (χ4v) is 6.34. The van der Waals surface area contributed by atoms with Crippen LogP contribution in [0.3, 0.4) is 0 Å². The number of anilines is 1. The van der Waals surface area contributed by atoms with Gasteiger partial charge in [-0.25, -0.2) is 14.6 Å². The molecule has 7 nitrogen and oxygen atoms in total. The van der Waals surface area contributed by atoms with Gasteiger partial charge in [0.15, 0.2) is 5.65 Å². The van der Waals surface area contributed by atoms with Crippen LogP contribution < -0.4 is 4.90 Å². The number of carbonyl (C=O) groups excluding carboxylic acids is 1. The predicted octanol–water partition coefficient (Wildman–Crippen LogP) is 6.59. The van der Waals surface area contributed by atoms with E-state index in [2.05, 4.69) is 53.4 Å². The fourth-order valence-electron chi connectivity index (χ4n) is 6.34. The van der Waals surface area contributed by atoms with E-state index in [1.54, 1.807) is 0 Å². The third-order valence-electron chi connectivity index (χ3n) is 8.56. The Kier molecular flexibility index (Phi) is 8.06. The number of aryl methyl sites for hydroxylation is 1. The minimum absolute atomic E-state index is 0.139. The van der Waals surface area contributed by atoms with Crippen LogP contribution in [0.4, 0.5) is 5.82 Å². The summed E-state index contributed by atoms with van der Waals surface area (Å²) in [4.78, 5) is 28.9. The van der Waals surface area contributed by atoms with Crippen LogP contribution in [0.1, 0.15) is 40.5 Å². The number of rotatable bonds is 7. The van der Waals surface area contributed by atoms with Crippen molar-refractivity contribution in [1.29, 1.82) is 0 Å². The summed E-state index contributed by atoms with van der Waals surface area (Å²) >= 11 is 0. The average Bonchev–Trinajstić information content (AvgIpc) is 3.24. The predicted molar refractivity (Wildman–Crippen MR) is 179 cm³/mol. The minimum atomic E-state index is -0.339. The number of fused-ring (bicyclic) bond motifs is 1. The quantitative estimate of drug-likeness (QED) is 0.209. The Hall–Kier alpha value is -5.30. The maximum atomic E-state index is 14.2. The summed E-state index contributed by atoms with van der Waals surface area (Å²) in [5.74, 6) is 1.45. The van der Waals surface area contributed by atoms with E-state index in [1.165, 1.54) is 0 Å². The molecule has 2 aromatic heterocycles. The maximum absolute atomic E-state index is 14.2. The van der Waals surface area contributed by atoms with Gasteiger partial charge in [0, 0.05) is 32.6 Å². The zero-order chi connectivity index (χ0) is 30.6. The molecule has 1 aliphatic heterocycles. The third-order valence-corrected chi connectivity index (χ3v) is 8.56. The van der Waals surface area contributed by atoms with Crippen molar-refractivity contribution < 1.29 is 4.79 Å². The topological polar surface area (TPSA) is 67.2 Å². The number of hydrogen-bond donors (Lipinski definition) is 0. The van der Waals surface area contributed by atoms with E-state index in [0.29, 0.717) is 26.1 Å². The van der Waals surface area contributed by atoms with Gasteiger partial charge < -0.3 is 9.80 Å². The molecule has 45 heavy (non-hydrogen) atoms. The van der Waals surface area contributed by atoms with E-state index >= 15 is 0 Å². The summed E-state index contributed by atoms with van der Waals surface area (Å²) in [6.45, 7) is 4.80. The van der Waals surface area contributed by atoms with Gasteiger partial charge in [-0.1, -0.05) is 109 Å². The molecule has 1 aliphatic rings. The first-order valence-corrected chi connectivity index (χ1v) is 15.6. The van der Waals surface area contributed by atoms with Crippen molar-refractivity contribution in [2.75, 3.05) is 31.1 Å². The van der Waals surface area contributed by atoms with E-state index < -0.39 is 0 Å². The van der Waals surface area contributed by atoms with Gasteiger partial charge in [-0.05, 0) is 42.2 Å². The Labute approximate surface area is 263 Å². The Bertz CT molecular complexity index is 1850. The zero-order valence-corrected chi connectivity index (χ0v) is 25.5. The van der Waals surface area contributed by atoms with E-state index in [4.69, 9.17) is 15.1 Å². The molecule has 3 heterocycles. The molecule has 1 fully saturated rings. The van der Waals surface area contributed by atoms with Gasteiger partial charge in [-0.15, -0.1) is 0 Å². The average molecular weight is 593 g/mol. The summed E-state index contributed by atoms with van der Waals surface area (Å²) in [5.41, 5.74) is 5.85. The molecule has 0 bridgehead atoms. The van der Waals surface area contributed by atoms with Gasteiger partial charge in [0.1, 0.15) is 11.6 Å². The molecule has 0 N–H and O–H groups in total. The molecule has 1 amide bonds. The first-order chi connectivity index (χ1) is 22.2. The van der Waals surface area contributed by atoms with Gasteiger partial charge >= 0.3 is 0 Å². The van der Waals surface area contributed by atoms with Crippen molar-refractivity contribution in [2.24, 2.45) is 0 Å². The second-order valence-electron chi connectivity index (χ2n) is 11.6. The van der Waals surface area contributed by atoms with Crippen LogP contribution in [0.15, 0.2) is 121 Å². The second kappa shape index (κ2) is 12.7. The van der Waals surface area contributed by atoms with Gasteiger partial charge in [0.25, 0.3) is 0 Å². The molecule has 7 rings (SSSR count). The molecule has 4 aromatic carbocycles. The Morgan fingerprint density at radius 3 is 1.96 bits per heavy atom. The highest BCUT2D eigenvalue weighted by molar-refractivity contribution is 5.91.